The number of nitrogens with one attached hydrogen (secondary N) is 2. The quantitative estimate of drug-likeness (QED) is 0.668. The Kier molecular flexibility index (Phi) is 5.22. The van der Waals surface area contributed by atoms with Crippen LogP contribution in [0.1, 0.15) is 23.0 Å². The summed E-state index contributed by atoms with van der Waals surface area (Å²) < 4.78 is 10.3. The molecular weight excluding hydrogens is 332 g/mol. The van der Waals surface area contributed by atoms with E-state index in [1.807, 2.05) is 48.5 Å². The van der Waals surface area contributed by atoms with E-state index >= 15 is 0 Å². The minimum absolute atomic E-state index is 0.320. The number of H-pyrrole nitrogens is 1. The van der Waals surface area contributed by atoms with Gasteiger partial charge in [0.1, 0.15) is 11.4 Å². The number of fused-ring (bicyclic) bond motifs is 1. The second-order valence-corrected chi connectivity index (χ2v) is 5.88. The molecule has 0 aliphatic heterocycles. The van der Waals surface area contributed by atoms with Gasteiger partial charge in [-0.1, -0.05) is 30.3 Å². The maximum Gasteiger partial charge on any atom is 0.355 e. The summed E-state index contributed by atoms with van der Waals surface area (Å²) in [5.41, 5.74) is 2.09. The Morgan fingerprint density at radius 2 is 1.85 bits per heavy atom. The van der Waals surface area contributed by atoms with Gasteiger partial charge in [0.15, 0.2) is 6.10 Å². The number of hydrogen-bond acceptors (Lipinski definition) is 4. The molecule has 6 nitrogen and oxygen atoms in total. The van der Waals surface area contributed by atoms with E-state index in [1.54, 1.807) is 20.1 Å². The zero-order valence-electron chi connectivity index (χ0n) is 14.6. The fraction of sp³-hybridized carbons (Fsp3) is 0.200. The van der Waals surface area contributed by atoms with Crippen molar-refractivity contribution in [3.8, 4) is 5.75 Å². The van der Waals surface area contributed by atoms with Crippen molar-refractivity contribution in [3.63, 3.8) is 0 Å². The number of methoxy groups -OCH3 is 1. The van der Waals surface area contributed by atoms with E-state index in [1.165, 1.54) is 0 Å². The van der Waals surface area contributed by atoms with Crippen molar-refractivity contribution < 1.29 is 19.1 Å². The van der Waals surface area contributed by atoms with Crippen LogP contribution in [-0.2, 0) is 16.1 Å². The Bertz CT molecular complexity index is 882. The average molecular weight is 352 g/mol. The first-order chi connectivity index (χ1) is 12.6. The van der Waals surface area contributed by atoms with Gasteiger partial charge < -0.3 is 19.8 Å². The second-order valence-electron chi connectivity index (χ2n) is 5.88. The molecule has 0 aliphatic rings. The van der Waals surface area contributed by atoms with Crippen LogP contribution in [0.25, 0.3) is 10.9 Å². The molecule has 2 aromatic carbocycles. The monoisotopic (exact) mass is 352 g/mol. The van der Waals surface area contributed by atoms with E-state index in [-0.39, 0.29) is 5.91 Å². The van der Waals surface area contributed by atoms with Crippen molar-refractivity contribution >= 4 is 22.8 Å². The van der Waals surface area contributed by atoms with E-state index in [9.17, 15) is 9.59 Å². The summed E-state index contributed by atoms with van der Waals surface area (Å²) in [4.78, 5) is 27.4. The minimum atomic E-state index is -0.896. The van der Waals surface area contributed by atoms with Crippen molar-refractivity contribution in [2.45, 2.75) is 19.6 Å². The SMILES string of the molecule is COc1ccc(CNC(=O)[C@H](C)OC(=O)c2cc3ccccc3[nH]2)cc1. The summed E-state index contributed by atoms with van der Waals surface area (Å²) in [7, 11) is 1.60. The number of esters is 1. The molecule has 1 atom stereocenters. The van der Waals surface area contributed by atoms with Crippen molar-refractivity contribution in [1.29, 1.82) is 0 Å². The predicted molar refractivity (Wildman–Crippen MR) is 98.0 cm³/mol. The van der Waals surface area contributed by atoms with Crippen LogP contribution < -0.4 is 10.1 Å². The van der Waals surface area contributed by atoms with E-state index in [2.05, 4.69) is 10.3 Å². The van der Waals surface area contributed by atoms with Gasteiger partial charge in [-0.05, 0) is 36.8 Å². The summed E-state index contributed by atoms with van der Waals surface area (Å²) in [6, 6.07) is 16.6. The van der Waals surface area contributed by atoms with Crippen LogP contribution in [0.15, 0.2) is 54.6 Å². The number of benzene rings is 2. The highest BCUT2D eigenvalue weighted by Gasteiger charge is 2.20. The lowest BCUT2D eigenvalue weighted by Crippen LogP contribution is -2.35. The molecule has 0 fully saturated rings. The molecule has 0 saturated carbocycles. The van der Waals surface area contributed by atoms with Gasteiger partial charge in [0.2, 0.25) is 0 Å². The lowest BCUT2D eigenvalue weighted by atomic mass is 10.2. The van der Waals surface area contributed by atoms with Crippen molar-refractivity contribution in [1.82, 2.24) is 10.3 Å². The molecule has 3 aromatic rings. The van der Waals surface area contributed by atoms with Gasteiger partial charge in [-0.3, -0.25) is 4.79 Å². The molecule has 0 saturated heterocycles. The Hall–Kier alpha value is -3.28. The number of para-hydroxylation sites is 1. The van der Waals surface area contributed by atoms with E-state index in [4.69, 9.17) is 9.47 Å². The molecule has 0 unspecified atom stereocenters. The average Bonchev–Trinajstić information content (AvgIpc) is 3.10. The molecule has 26 heavy (non-hydrogen) atoms. The van der Waals surface area contributed by atoms with Crippen LogP contribution in [0.4, 0.5) is 0 Å². The lowest BCUT2D eigenvalue weighted by Gasteiger charge is -2.13. The number of carbonyl (C=O) groups excluding carboxylic acids is 2. The third kappa shape index (κ3) is 4.03. The van der Waals surface area contributed by atoms with Gasteiger partial charge in [-0.15, -0.1) is 0 Å². The lowest BCUT2D eigenvalue weighted by molar-refractivity contribution is -0.129. The molecule has 1 heterocycles. The number of carbonyl (C=O) groups is 2. The fourth-order valence-corrected chi connectivity index (χ4v) is 2.54. The van der Waals surface area contributed by atoms with Crippen LogP contribution in [0, 0.1) is 0 Å². The molecule has 6 heteroatoms. The predicted octanol–water partition coefficient (Wildman–Crippen LogP) is 3.04. The molecular formula is C20H20N2O4. The van der Waals surface area contributed by atoms with Crippen LogP contribution in [0.2, 0.25) is 0 Å². The first kappa shape index (κ1) is 17.5. The van der Waals surface area contributed by atoms with E-state index in [0.717, 1.165) is 22.2 Å². The van der Waals surface area contributed by atoms with E-state index < -0.39 is 12.1 Å². The molecule has 0 bridgehead atoms. The highest BCUT2D eigenvalue weighted by Crippen LogP contribution is 2.16. The number of ether oxygens (including phenoxy) is 2. The minimum Gasteiger partial charge on any atom is -0.497 e. The number of aromatic nitrogens is 1. The molecule has 3 rings (SSSR count). The largest absolute Gasteiger partial charge is 0.497 e. The number of aromatic amines is 1. The molecule has 0 radical (unpaired) electrons. The van der Waals surface area contributed by atoms with Crippen molar-refractivity contribution in [2.24, 2.45) is 0 Å². The van der Waals surface area contributed by atoms with Gasteiger partial charge >= 0.3 is 5.97 Å². The first-order valence-corrected chi connectivity index (χ1v) is 8.26. The Balaban J connectivity index is 1.55. The molecule has 1 aromatic heterocycles. The summed E-state index contributed by atoms with van der Waals surface area (Å²) >= 11 is 0. The van der Waals surface area contributed by atoms with Gasteiger partial charge in [0, 0.05) is 17.4 Å². The zero-order chi connectivity index (χ0) is 18.5. The summed E-state index contributed by atoms with van der Waals surface area (Å²) in [5, 5.41) is 3.67. The van der Waals surface area contributed by atoms with Crippen LogP contribution in [-0.4, -0.2) is 30.1 Å². The van der Waals surface area contributed by atoms with Crippen LogP contribution in [0.5, 0.6) is 5.75 Å². The molecule has 0 spiro atoms. The van der Waals surface area contributed by atoms with Gasteiger partial charge in [-0.25, -0.2) is 4.79 Å². The maximum atomic E-state index is 12.2. The summed E-state index contributed by atoms with van der Waals surface area (Å²) in [6.07, 6.45) is -0.896. The van der Waals surface area contributed by atoms with Crippen LogP contribution >= 0.6 is 0 Å². The smallest absolute Gasteiger partial charge is 0.355 e. The number of rotatable bonds is 6. The maximum absolute atomic E-state index is 12.2. The topological polar surface area (TPSA) is 80.4 Å². The fourth-order valence-electron chi connectivity index (χ4n) is 2.54. The summed E-state index contributed by atoms with van der Waals surface area (Å²) in [6.45, 7) is 1.89. The number of amides is 1. The third-order valence-electron chi connectivity index (χ3n) is 4.03. The second kappa shape index (κ2) is 7.74. The van der Waals surface area contributed by atoms with Gasteiger partial charge in [-0.2, -0.15) is 0 Å². The number of hydrogen-bond donors (Lipinski definition) is 2. The van der Waals surface area contributed by atoms with E-state index in [0.29, 0.717) is 12.2 Å². The highest BCUT2D eigenvalue weighted by atomic mass is 16.5. The zero-order valence-corrected chi connectivity index (χ0v) is 14.6. The van der Waals surface area contributed by atoms with Crippen LogP contribution in [0.3, 0.4) is 0 Å². The Labute approximate surface area is 151 Å². The molecule has 134 valence electrons. The third-order valence-corrected chi connectivity index (χ3v) is 4.03. The first-order valence-electron chi connectivity index (χ1n) is 8.26. The molecule has 0 aliphatic carbocycles. The standard InChI is InChI=1S/C20H20N2O4/c1-13(19(23)21-12-14-7-9-16(25-2)10-8-14)26-20(24)18-11-15-5-3-4-6-17(15)22-18/h3-11,13,22H,12H2,1-2H3,(H,21,23)/t13-/m0/s1. The molecule has 2 N–H and O–H groups in total. The van der Waals surface area contributed by atoms with Crippen molar-refractivity contribution in [2.75, 3.05) is 7.11 Å². The normalized spacial score (nSPS) is 11.8. The highest BCUT2D eigenvalue weighted by molar-refractivity contribution is 5.96. The molecule has 1 amide bonds. The Morgan fingerprint density at radius 1 is 1.12 bits per heavy atom. The summed E-state index contributed by atoms with van der Waals surface area (Å²) in [5.74, 6) is -0.167. The van der Waals surface area contributed by atoms with Gasteiger partial charge in [0.05, 0.1) is 7.11 Å². The van der Waals surface area contributed by atoms with Crippen molar-refractivity contribution in [3.05, 3.63) is 65.9 Å². The van der Waals surface area contributed by atoms with Gasteiger partial charge in [0.25, 0.3) is 5.91 Å². The Morgan fingerprint density at radius 3 is 2.54 bits per heavy atom.